The number of amides is 1. The van der Waals surface area contributed by atoms with Crippen molar-refractivity contribution in [1.29, 1.82) is 0 Å². The Balaban J connectivity index is 1.76. The fourth-order valence-corrected chi connectivity index (χ4v) is 3.22. The van der Waals surface area contributed by atoms with Crippen LogP contribution in [0.15, 0.2) is 76.1 Å². The lowest BCUT2D eigenvalue weighted by Gasteiger charge is -2.22. The molecule has 0 radical (unpaired) electrons. The van der Waals surface area contributed by atoms with Gasteiger partial charge in [0.15, 0.2) is 5.76 Å². The average molecular weight is 404 g/mol. The second-order valence-electron chi connectivity index (χ2n) is 6.64. The van der Waals surface area contributed by atoms with E-state index >= 15 is 0 Å². The molecule has 1 N–H and O–H groups in total. The smallest absolute Gasteiger partial charge is 0.294 e. The first-order valence-electron chi connectivity index (χ1n) is 9.28. The minimum Gasteiger partial charge on any atom is -0.497 e. The number of furan rings is 1. The van der Waals surface area contributed by atoms with Crippen molar-refractivity contribution in [2.75, 3.05) is 19.1 Å². The lowest BCUT2D eigenvalue weighted by atomic mass is 10.1. The minimum atomic E-state index is -0.352. The third-order valence-electron chi connectivity index (χ3n) is 4.82. The van der Waals surface area contributed by atoms with Gasteiger partial charge in [0.25, 0.3) is 11.5 Å². The van der Waals surface area contributed by atoms with E-state index in [-0.39, 0.29) is 23.8 Å². The molecule has 2 aromatic heterocycles. The van der Waals surface area contributed by atoms with Gasteiger partial charge in [-0.25, -0.2) is 0 Å². The van der Waals surface area contributed by atoms with Crippen molar-refractivity contribution < 1.29 is 18.7 Å². The van der Waals surface area contributed by atoms with Crippen molar-refractivity contribution >= 4 is 22.5 Å². The van der Waals surface area contributed by atoms with Gasteiger partial charge in [0.1, 0.15) is 11.5 Å². The van der Waals surface area contributed by atoms with E-state index in [1.807, 2.05) is 6.07 Å². The van der Waals surface area contributed by atoms with Crippen LogP contribution in [0.25, 0.3) is 10.9 Å². The zero-order valence-corrected chi connectivity index (χ0v) is 16.5. The summed E-state index contributed by atoms with van der Waals surface area (Å²) < 4.78 is 15.8. The maximum Gasteiger partial charge on any atom is 0.294 e. The van der Waals surface area contributed by atoms with Crippen LogP contribution in [-0.4, -0.2) is 25.1 Å². The first kappa shape index (κ1) is 19.3. The third-order valence-corrected chi connectivity index (χ3v) is 4.82. The molecule has 4 aromatic rings. The van der Waals surface area contributed by atoms with Gasteiger partial charge in [-0.05, 0) is 60.7 Å². The van der Waals surface area contributed by atoms with E-state index in [0.717, 1.165) is 5.39 Å². The second-order valence-corrected chi connectivity index (χ2v) is 6.64. The summed E-state index contributed by atoms with van der Waals surface area (Å²) in [5.41, 5.74) is 1.48. The van der Waals surface area contributed by atoms with Crippen LogP contribution >= 0.6 is 0 Å². The summed E-state index contributed by atoms with van der Waals surface area (Å²) in [5.74, 6) is 1.18. The molecule has 1 amide bonds. The van der Waals surface area contributed by atoms with Gasteiger partial charge in [0.2, 0.25) is 0 Å². The Morgan fingerprint density at radius 2 is 1.73 bits per heavy atom. The molecule has 0 saturated heterocycles. The summed E-state index contributed by atoms with van der Waals surface area (Å²) in [4.78, 5) is 30.2. The van der Waals surface area contributed by atoms with Crippen molar-refractivity contribution in [3.63, 3.8) is 0 Å². The molecule has 2 heterocycles. The predicted molar refractivity (Wildman–Crippen MR) is 113 cm³/mol. The van der Waals surface area contributed by atoms with Crippen LogP contribution in [0.3, 0.4) is 0 Å². The molecule has 0 bridgehead atoms. The molecular weight excluding hydrogens is 384 g/mol. The van der Waals surface area contributed by atoms with Gasteiger partial charge in [-0.15, -0.1) is 0 Å². The number of rotatable bonds is 6. The maximum absolute atomic E-state index is 13.1. The average Bonchev–Trinajstić information content (AvgIpc) is 3.32. The first-order valence-corrected chi connectivity index (χ1v) is 9.28. The number of carbonyl (C=O) groups excluding carboxylic acids is 1. The zero-order valence-electron chi connectivity index (χ0n) is 16.5. The Labute approximate surface area is 172 Å². The topological polar surface area (TPSA) is 84.8 Å². The summed E-state index contributed by atoms with van der Waals surface area (Å²) in [6.07, 6.45) is 1.44. The van der Waals surface area contributed by atoms with Crippen LogP contribution in [0.2, 0.25) is 0 Å². The van der Waals surface area contributed by atoms with E-state index in [1.54, 1.807) is 68.8 Å². The number of methoxy groups -OCH3 is 2. The van der Waals surface area contributed by atoms with E-state index < -0.39 is 0 Å². The van der Waals surface area contributed by atoms with Crippen molar-refractivity contribution in [2.45, 2.75) is 6.54 Å². The summed E-state index contributed by atoms with van der Waals surface area (Å²) in [7, 11) is 3.16. The van der Waals surface area contributed by atoms with Gasteiger partial charge in [-0.1, -0.05) is 0 Å². The number of aromatic nitrogens is 1. The number of anilines is 1. The van der Waals surface area contributed by atoms with Crippen molar-refractivity contribution in [3.05, 3.63) is 88.6 Å². The van der Waals surface area contributed by atoms with E-state index in [4.69, 9.17) is 13.9 Å². The highest BCUT2D eigenvalue weighted by atomic mass is 16.5. The molecule has 30 heavy (non-hydrogen) atoms. The number of pyridine rings is 1. The molecule has 2 aromatic carbocycles. The van der Waals surface area contributed by atoms with Gasteiger partial charge < -0.3 is 23.8 Å². The SMILES string of the molecule is COc1ccc(N(Cc2cc3cc(OC)ccc3[nH]c2=O)C(=O)c2ccco2)cc1. The minimum absolute atomic E-state index is 0.0638. The van der Waals surface area contributed by atoms with Crippen LogP contribution in [0.1, 0.15) is 16.1 Å². The number of hydrogen-bond acceptors (Lipinski definition) is 5. The number of benzene rings is 2. The number of fused-ring (bicyclic) bond motifs is 1. The summed E-state index contributed by atoms with van der Waals surface area (Å²) in [6, 6.07) is 17.4. The number of aromatic amines is 1. The molecule has 0 aliphatic carbocycles. The largest absolute Gasteiger partial charge is 0.497 e. The molecule has 0 atom stereocenters. The van der Waals surface area contributed by atoms with Gasteiger partial charge in [-0.3, -0.25) is 9.59 Å². The van der Waals surface area contributed by atoms with Crippen molar-refractivity contribution in [2.24, 2.45) is 0 Å². The molecule has 0 aliphatic rings. The highest BCUT2D eigenvalue weighted by Crippen LogP contribution is 2.24. The molecule has 0 fully saturated rings. The van der Waals surface area contributed by atoms with Crippen LogP contribution in [0.5, 0.6) is 11.5 Å². The zero-order chi connectivity index (χ0) is 21.1. The molecule has 0 aliphatic heterocycles. The Morgan fingerprint density at radius 3 is 2.40 bits per heavy atom. The number of nitrogens with zero attached hydrogens (tertiary/aromatic N) is 1. The molecule has 4 rings (SSSR count). The molecule has 0 saturated carbocycles. The summed E-state index contributed by atoms with van der Waals surface area (Å²) in [6.45, 7) is 0.0638. The van der Waals surface area contributed by atoms with Gasteiger partial charge >= 0.3 is 0 Å². The number of carbonyl (C=O) groups is 1. The van der Waals surface area contributed by atoms with Crippen molar-refractivity contribution in [3.8, 4) is 11.5 Å². The molecule has 7 heteroatoms. The van der Waals surface area contributed by atoms with Gasteiger partial charge in [0, 0.05) is 22.2 Å². The lowest BCUT2D eigenvalue weighted by molar-refractivity contribution is 0.0958. The highest BCUT2D eigenvalue weighted by molar-refractivity contribution is 6.04. The van der Waals surface area contributed by atoms with E-state index in [2.05, 4.69) is 4.98 Å². The Kier molecular flexibility index (Phi) is 5.26. The predicted octanol–water partition coefficient (Wildman–Crippen LogP) is 3.99. The Hall–Kier alpha value is -4.00. The van der Waals surface area contributed by atoms with E-state index in [9.17, 15) is 9.59 Å². The van der Waals surface area contributed by atoms with Crippen LogP contribution < -0.4 is 19.9 Å². The second kappa shape index (κ2) is 8.16. The van der Waals surface area contributed by atoms with Gasteiger partial charge in [-0.2, -0.15) is 0 Å². The maximum atomic E-state index is 13.1. The highest BCUT2D eigenvalue weighted by Gasteiger charge is 2.22. The summed E-state index contributed by atoms with van der Waals surface area (Å²) >= 11 is 0. The first-order chi connectivity index (χ1) is 14.6. The van der Waals surface area contributed by atoms with Crippen LogP contribution in [0, 0.1) is 0 Å². The number of ether oxygens (including phenoxy) is 2. The molecule has 152 valence electrons. The quantitative estimate of drug-likeness (QED) is 0.525. The monoisotopic (exact) mass is 404 g/mol. The normalized spacial score (nSPS) is 10.7. The van der Waals surface area contributed by atoms with Crippen LogP contribution in [0.4, 0.5) is 5.69 Å². The number of nitrogens with one attached hydrogen (secondary N) is 1. The number of H-pyrrole nitrogens is 1. The fourth-order valence-electron chi connectivity index (χ4n) is 3.22. The number of hydrogen-bond donors (Lipinski definition) is 1. The van der Waals surface area contributed by atoms with E-state index in [1.165, 1.54) is 11.2 Å². The molecule has 0 spiro atoms. The van der Waals surface area contributed by atoms with Crippen molar-refractivity contribution in [1.82, 2.24) is 4.98 Å². The molecule has 7 nitrogen and oxygen atoms in total. The van der Waals surface area contributed by atoms with E-state index in [0.29, 0.717) is 28.3 Å². The van der Waals surface area contributed by atoms with Gasteiger partial charge in [0.05, 0.1) is 27.0 Å². The lowest BCUT2D eigenvalue weighted by Crippen LogP contribution is -2.32. The standard InChI is InChI=1S/C23H20N2O5/c1-28-18-7-5-17(6-8-18)25(23(27)21-4-3-11-30-21)14-16-12-15-13-19(29-2)9-10-20(15)24-22(16)26/h3-13H,14H2,1-2H3,(H,24,26). The Morgan fingerprint density at radius 1 is 1.00 bits per heavy atom. The third kappa shape index (κ3) is 3.77. The molecule has 0 unspecified atom stereocenters. The molecular formula is C23H20N2O5. The summed E-state index contributed by atoms with van der Waals surface area (Å²) in [5, 5.41) is 0.809. The van der Waals surface area contributed by atoms with Crippen LogP contribution in [-0.2, 0) is 6.54 Å². The Bertz CT molecular complexity index is 1230. The fraction of sp³-hybridized carbons (Fsp3) is 0.130.